The average molecular weight is 225 g/mol. The highest BCUT2D eigenvalue weighted by Gasteiger charge is 2.05. The van der Waals surface area contributed by atoms with Gasteiger partial charge in [-0.05, 0) is 13.3 Å². The Hall–Kier alpha value is -1.72. The molecule has 6 heteroatoms. The largest absolute Gasteiger partial charge is 0.382 e. The van der Waals surface area contributed by atoms with Crippen LogP contribution in [0.2, 0.25) is 0 Å². The van der Waals surface area contributed by atoms with E-state index in [0.29, 0.717) is 18.8 Å². The van der Waals surface area contributed by atoms with Gasteiger partial charge < -0.3 is 16.4 Å². The molecule has 1 rings (SSSR count). The van der Waals surface area contributed by atoms with Crippen LogP contribution in [-0.2, 0) is 4.79 Å². The Bertz CT molecular complexity index is 336. The third-order valence-electron chi connectivity index (χ3n) is 2.36. The first kappa shape index (κ1) is 12.4. The second-order valence-electron chi connectivity index (χ2n) is 3.75. The van der Waals surface area contributed by atoms with Crippen LogP contribution in [0.3, 0.4) is 0 Å². The fourth-order valence-electron chi connectivity index (χ4n) is 1.20. The Morgan fingerprint density at radius 1 is 1.69 bits per heavy atom. The van der Waals surface area contributed by atoms with Crippen LogP contribution < -0.4 is 16.4 Å². The van der Waals surface area contributed by atoms with Gasteiger partial charge in [0.05, 0.1) is 11.9 Å². The topological polar surface area (TPSA) is 95.8 Å². The standard InChI is InChI=1S/C10H19N5O/c1-3-7(2)14-9(16)4-5-12-8-6-13-15-10(8)11/h6-7,12H,3-5H2,1-2H3,(H,14,16)(H3,11,13,15). The molecule has 0 saturated carbocycles. The number of rotatable bonds is 6. The molecule has 1 aromatic heterocycles. The van der Waals surface area contributed by atoms with E-state index in [1.54, 1.807) is 6.20 Å². The molecule has 1 amide bonds. The van der Waals surface area contributed by atoms with Crippen molar-refractivity contribution in [2.75, 3.05) is 17.6 Å². The Kier molecular flexibility index (Phi) is 4.63. The molecule has 0 saturated heterocycles. The van der Waals surface area contributed by atoms with Gasteiger partial charge in [0.2, 0.25) is 5.91 Å². The second-order valence-corrected chi connectivity index (χ2v) is 3.75. The third kappa shape index (κ3) is 3.80. The zero-order chi connectivity index (χ0) is 12.0. The van der Waals surface area contributed by atoms with Crippen LogP contribution in [0.4, 0.5) is 11.5 Å². The fourth-order valence-corrected chi connectivity index (χ4v) is 1.20. The van der Waals surface area contributed by atoms with Crippen molar-refractivity contribution in [1.29, 1.82) is 0 Å². The zero-order valence-corrected chi connectivity index (χ0v) is 9.71. The van der Waals surface area contributed by atoms with Crippen LogP contribution in [-0.4, -0.2) is 28.7 Å². The molecule has 5 N–H and O–H groups in total. The summed E-state index contributed by atoms with van der Waals surface area (Å²) in [7, 11) is 0. The number of nitrogens with two attached hydrogens (primary N) is 1. The maximum Gasteiger partial charge on any atom is 0.221 e. The van der Waals surface area contributed by atoms with E-state index in [-0.39, 0.29) is 11.9 Å². The number of aromatic amines is 1. The average Bonchev–Trinajstić information content (AvgIpc) is 2.64. The molecule has 1 heterocycles. The van der Waals surface area contributed by atoms with Crippen molar-refractivity contribution in [3.8, 4) is 0 Å². The van der Waals surface area contributed by atoms with Crippen LogP contribution in [0.25, 0.3) is 0 Å². The van der Waals surface area contributed by atoms with Gasteiger partial charge in [0.15, 0.2) is 0 Å². The number of aromatic nitrogens is 2. The summed E-state index contributed by atoms with van der Waals surface area (Å²) >= 11 is 0. The van der Waals surface area contributed by atoms with Gasteiger partial charge in [-0.1, -0.05) is 6.92 Å². The molecule has 1 unspecified atom stereocenters. The van der Waals surface area contributed by atoms with Crippen LogP contribution in [0.5, 0.6) is 0 Å². The highest BCUT2D eigenvalue weighted by atomic mass is 16.1. The van der Waals surface area contributed by atoms with Gasteiger partial charge in [-0.3, -0.25) is 9.89 Å². The number of hydrogen-bond acceptors (Lipinski definition) is 4. The minimum absolute atomic E-state index is 0.0453. The van der Waals surface area contributed by atoms with Crippen molar-refractivity contribution in [2.45, 2.75) is 32.7 Å². The monoisotopic (exact) mass is 225 g/mol. The summed E-state index contributed by atoms with van der Waals surface area (Å²) < 4.78 is 0. The van der Waals surface area contributed by atoms with E-state index >= 15 is 0 Å². The van der Waals surface area contributed by atoms with Crippen molar-refractivity contribution < 1.29 is 4.79 Å². The van der Waals surface area contributed by atoms with Crippen molar-refractivity contribution in [3.63, 3.8) is 0 Å². The molecule has 0 fully saturated rings. The van der Waals surface area contributed by atoms with Gasteiger partial charge in [-0.2, -0.15) is 5.10 Å². The van der Waals surface area contributed by atoms with E-state index < -0.39 is 0 Å². The van der Waals surface area contributed by atoms with Gasteiger partial charge in [0.25, 0.3) is 0 Å². The SMILES string of the molecule is CCC(C)NC(=O)CCNc1cn[nH]c1N. The highest BCUT2D eigenvalue weighted by molar-refractivity contribution is 5.77. The lowest BCUT2D eigenvalue weighted by Gasteiger charge is -2.11. The highest BCUT2D eigenvalue weighted by Crippen LogP contribution is 2.12. The first-order valence-electron chi connectivity index (χ1n) is 5.45. The fraction of sp³-hybridized carbons (Fsp3) is 0.600. The van der Waals surface area contributed by atoms with E-state index in [0.717, 1.165) is 12.1 Å². The summed E-state index contributed by atoms with van der Waals surface area (Å²) in [6.45, 7) is 4.57. The predicted octanol–water partition coefficient (Wildman–Crippen LogP) is 0.709. The molecule has 16 heavy (non-hydrogen) atoms. The van der Waals surface area contributed by atoms with Crippen molar-refractivity contribution in [3.05, 3.63) is 6.20 Å². The number of amides is 1. The summed E-state index contributed by atoms with van der Waals surface area (Å²) in [5, 5.41) is 12.3. The van der Waals surface area contributed by atoms with E-state index in [1.165, 1.54) is 0 Å². The molecule has 90 valence electrons. The maximum absolute atomic E-state index is 11.4. The van der Waals surface area contributed by atoms with E-state index in [4.69, 9.17) is 5.73 Å². The van der Waals surface area contributed by atoms with Crippen LogP contribution in [0, 0.1) is 0 Å². The summed E-state index contributed by atoms with van der Waals surface area (Å²) in [4.78, 5) is 11.4. The molecule has 0 bridgehead atoms. The second kappa shape index (κ2) is 5.99. The molecule has 1 atom stereocenters. The summed E-state index contributed by atoms with van der Waals surface area (Å²) in [5.41, 5.74) is 6.31. The predicted molar refractivity (Wildman–Crippen MR) is 64.0 cm³/mol. The lowest BCUT2D eigenvalue weighted by Crippen LogP contribution is -2.32. The van der Waals surface area contributed by atoms with Crippen molar-refractivity contribution in [1.82, 2.24) is 15.5 Å². The summed E-state index contributed by atoms with van der Waals surface area (Å²) in [6, 6.07) is 0.228. The lowest BCUT2D eigenvalue weighted by molar-refractivity contribution is -0.121. The molecule has 0 aliphatic rings. The van der Waals surface area contributed by atoms with E-state index in [1.807, 2.05) is 13.8 Å². The zero-order valence-electron chi connectivity index (χ0n) is 9.71. The van der Waals surface area contributed by atoms with Gasteiger partial charge in [-0.25, -0.2) is 0 Å². The first-order valence-corrected chi connectivity index (χ1v) is 5.45. The molecule has 0 aliphatic carbocycles. The summed E-state index contributed by atoms with van der Waals surface area (Å²) in [5.74, 6) is 0.534. The number of carbonyl (C=O) groups is 1. The normalized spacial score (nSPS) is 12.1. The van der Waals surface area contributed by atoms with Gasteiger partial charge in [-0.15, -0.1) is 0 Å². The number of nitrogens with one attached hydrogen (secondary N) is 3. The third-order valence-corrected chi connectivity index (χ3v) is 2.36. The van der Waals surface area contributed by atoms with Gasteiger partial charge in [0, 0.05) is 19.0 Å². The quantitative estimate of drug-likeness (QED) is 0.573. The molecule has 0 aliphatic heterocycles. The Balaban J connectivity index is 2.21. The molecule has 0 radical (unpaired) electrons. The van der Waals surface area contributed by atoms with Gasteiger partial charge >= 0.3 is 0 Å². The van der Waals surface area contributed by atoms with E-state index in [2.05, 4.69) is 20.8 Å². The molecule has 6 nitrogen and oxygen atoms in total. The van der Waals surface area contributed by atoms with Gasteiger partial charge in [0.1, 0.15) is 5.82 Å². The minimum atomic E-state index is 0.0453. The minimum Gasteiger partial charge on any atom is -0.382 e. The molecular weight excluding hydrogens is 206 g/mol. The Labute approximate surface area is 95.0 Å². The van der Waals surface area contributed by atoms with E-state index in [9.17, 15) is 4.79 Å². The van der Waals surface area contributed by atoms with Crippen molar-refractivity contribution >= 4 is 17.4 Å². The molecular formula is C10H19N5O. The Morgan fingerprint density at radius 3 is 3.00 bits per heavy atom. The number of carbonyl (C=O) groups excluding carboxylic acids is 1. The number of hydrogen-bond donors (Lipinski definition) is 4. The van der Waals surface area contributed by atoms with Crippen molar-refractivity contribution in [2.24, 2.45) is 0 Å². The maximum atomic E-state index is 11.4. The van der Waals surface area contributed by atoms with Crippen LogP contribution in [0.15, 0.2) is 6.20 Å². The Morgan fingerprint density at radius 2 is 2.44 bits per heavy atom. The van der Waals surface area contributed by atoms with Crippen LogP contribution in [0.1, 0.15) is 26.7 Å². The number of anilines is 2. The lowest BCUT2D eigenvalue weighted by atomic mass is 10.2. The number of nitrogens with zero attached hydrogens (tertiary/aromatic N) is 1. The number of nitrogen functional groups attached to an aromatic ring is 1. The smallest absolute Gasteiger partial charge is 0.221 e. The molecule has 1 aromatic rings. The molecule has 0 spiro atoms. The molecule has 0 aromatic carbocycles. The summed E-state index contributed by atoms with van der Waals surface area (Å²) in [6.07, 6.45) is 2.96. The number of H-pyrrole nitrogens is 1. The van der Waals surface area contributed by atoms with Crippen LogP contribution >= 0.6 is 0 Å². The first-order chi connectivity index (χ1) is 7.63.